The molecule has 6 heteroatoms. The van der Waals surface area contributed by atoms with Crippen LogP contribution in [0.4, 0.5) is 5.69 Å². The van der Waals surface area contributed by atoms with Crippen LogP contribution >= 0.6 is 11.3 Å². The van der Waals surface area contributed by atoms with Gasteiger partial charge < -0.3 is 0 Å². The molecule has 0 atom stereocenters. The van der Waals surface area contributed by atoms with Crippen molar-refractivity contribution in [2.75, 3.05) is 0 Å². The summed E-state index contributed by atoms with van der Waals surface area (Å²) in [6.07, 6.45) is 2.68. The zero-order valence-corrected chi connectivity index (χ0v) is 15.8. The minimum atomic E-state index is -0.445. The molecule has 0 unspecified atom stereocenters. The van der Waals surface area contributed by atoms with Crippen LogP contribution in [0.2, 0.25) is 0 Å². The van der Waals surface area contributed by atoms with Gasteiger partial charge in [0, 0.05) is 22.6 Å². The zero-order valence-electron chi connectivity index (χ0n) is 15.0. The van der Waals surface area contributed by atoms with E-state index in [0.29, 0.717) is 10.6 Å². The molecule has 5 nitrogen and oxygen atoms in total. The number of nitrogens with zero attached hydrogens (tertiary/aromatic N) is 3. The van der Waals surface area contributed by atoms with Crippen LogP contribution in [-0.2, 0) is 6.42 Å². The number of hydrogen-bond acceptors (Lipinski definition) is 5. The molecule has 0 fully saturated rings. The Bertz CT molecular complexity index is 1040. The summed E-state index contributed by atoms with van der Waals surface area (Å²) >= 11 is 1.47. The maximum Gasteiger partial charge on any atom is 0.269 e. The van der Waals surface area contributed by atoms with Crippen LogP contribution in [0.25, 0.3) is 22.9 Å². The minimum absolute atomic E-state index is 0.0218. The van der Waals surface area contributed by atoms with Gasteiger partial charge >= 0.3 is 0 Å². The van der Waals surface area contributed by atoms with E-state index in [0.717, 1.165) is 28.1 Å². The summed E-state index contributed by atoms with van der Waals surface area (Å²) in [5, 5.41) is 21.0. The molecule has 0 saturated carbocycles. The van der Waals surface area contributed by atoms with Gasteiger partial charge in [-0.2, -0.15) is 5.26 Å². The number of nitriles is 1. The molecule has 0 amide bonds. The van der Waals surface area contributed by atoms with E-state index < -0.39 is 4.92 Å². The number of benzene rings is 2. The molecule has 0 bridgehead atoms. The van der Waals surface area contributed by atoms with E-state index >= 15 is 0 Å². The van der Waals surface area contributed by atoms with E-state index in [1.807, 2.05) is 6.92 Å². The summed E-state index contributed by atoms with van der Waals surface area (Å²) in [7, 11) is 0. The van der Waals surface area contributed by atoms with Crippen molar-refractivity contribution in [3.63, 3.8) is 0 Å². The molecule has 134 valence electrons. The molecule has 0 aliphatic heterocycles. The minimum Gasteiger partial charge on any atom is -0.258 e. The number of rotatable bonds is 5. The van der Waals surface area contributed by atoms with Gasteiger partial charge in [-0.1, -0.05) is 31.2 Å². The van der Waals surface area contributed by atoms with Crippen LogP contribution in [0.5, 0.6) is 0 Å². The van der Waals surface area contributed by atoms with E-state index in [4.69, 9.17) is 0 Å². The van der Waals surface area contributed by atoms with Crippen LogP contribution in [0.15, 0.2) is 48.5 Å². The van der Waals surface area contributed by atoms with Crippen molar-refractivity contribution in [2.24, 2.45) is 0 Å². The fraction of sp³-hybridized carbons (Fsp3) is 0.143. The Morgan fingerprint density at radius 1 is 1.22 bits per heavy atom. The topological polar surface area (TPSA) is 79.8 Å². The van der Waals surface area contributed by atoms with Crippen LogP contribution in [-0.4, -0.2) is 9.91 Å². The van der Waals surface area contributed by atoms with Gasteiger partial charge in [0.05, 0.1) is 16.2 Å². The van der Waals surface area contributed by atoms with Crippen LogP contribution in [0.3, 0.4) is 0 Å². The van der Waals surface area contributed by atoms with Crippen molar-refractivity contribution in [3.05, 3.63) is 79.7 Å². The van der Waals surface area contributed by atoms with Crippen molar-refractivity contribution in [1.29, 1.82) is 5.26 Å². The molecule has 0 spiro atoms. The van der Waals surface area contributed by atoms with Crippen LogP contribution in [0.1, 0.15) is 27.9 Å². The predicted molar refractivity (Wildman–Crippen MR) is 108 cm³/mol. The fourth-order valence-electron chi connectivity index (χ4n) is 2.68. The van der Waals surface area contributed by atoms with E-state index in [1.54, 1.807) is 18.2 Å². The Morgan fingerprint density at radius 2 is 1.89 bits per heavy atom. The zero-order chi connectivity index (χ0) is 19.4. The number of aryl methyl sites for hydroxylation is 2. The van der Waals surface area contributed by atoms with Crippen molar-refractivity contribution in [1.82, 2.24) is 4.98 Å². The highest BCUT2D eigenvalue weighted by molar-refractivity contribution is 7.13. The van der Waals surface area contributed by atoms with Crippen LogP contribution < -0.4 is 0 Å². The van der Waals surface area contributed by atoms with Gasteiger partial charge in [0.1, 0.15) is 11.1 Å². The largest absolute Gasteiger partial charge is 0.269 e. The molecule has 1 aromatic heterocycles. The number of nitro benzene ring substituents is 1. The highest BCUT2D eigenvalue weighted by Crippen LogP contribution is 2.32. The molecule has 0 aliphatic rings. The molecule has 0 aliphatic carbocycles. The van der Waals surface area contributed by atoms with E-state index in [-0.39, 0.29) is 5.69 Å². The van der Waals surface area contributed by atoms with Crippen molar-refractivity contribution in [3.8, 4) is 17.3 Å². The molecule has 0 N–H and O–H groups in total. The molecule has 0 saturated heterocycles. The first-order chi connectivity index (χ1) is 13.0. The van der Waals surface area contributed by atoms with E-state index in [1.165, 1.54) is 29.0 Å². The summed E-state index contributed by atoms with van der Waals surface area (Å²) in [6.45, 7) is 4.11. The van der Waals surface area contributed by atoms with Gasteiger partial charge in [-0.15, -0.1) is 11.3 Å². The van der Waals surface area contributed by atoms with Gasteiger partial charge in [-0.3, -0.25) is 10.1 Å². The second-order valence-corrected chi connectivity index (χ2v) is 7.20. The quantitative estimate of drug-likeness (QED) is 0.328. The number of aromatic nitrogens is 1. The Balaban J connectivity index is 1.94. The summed E-state index contributed by atoms with van der Waals surface area (Å²) in [6, 6.07) is 16.6. The standard InChI is InChI=1S/C21H17N3O2S/c1-3-15-4-8-17(9-5-15)20-14(2)27-21(23-20)18(13-22)12-16-6-10-19(11-7-16)24(25)26/h4-12H,3H2,1-2H3. The second-order valence-electron chi connectivity index (χ2n) is 5.99. The molecular formula is C21H17N3O2S. The first-order valence-corrected chi connectivity index (χ1v) is 9.27. The number of non-ortho nitro benzene ring substituents is 1. The maximum absolute atomic E-state index is 10.8. The van der Waals surface area contributed by atoms with Gasteiger partial charge in [0.15, 0.2) is 0 Å². The summed E-state index contributed by atoms with van der Waals surface area (Å²) < 4.78 is 0. The van der Waals surface area contributed by atoms with Gasteiger partial charge in [0.25, 0.3) is 5.69 Å². The average Bonchev–Trinajstić information content (AvgIpc) is 3.08. The highest BCUT2D eigenvalue weighted by atomic mass is 32.1. The Morgan fingerprint density at radius 3 is 2.44 bits per heavy atom. The SMILES string of the molecule is CCc1ccc(-c2nc(C(C#N)=Cc3ccc([N+](=O)[O-])cc3)sc2C)cc1. The number of hydrogen-bond donors (Lipinski definition) is 0. The molecule has 3 rings (SSSR count). The number of nitro groups is 1. The van der Waals surface area contributed by atoms with Crippen molar-refractivity contribution < 1.29 is 4.92 Å². The molecule has 1 heterocycles. The lowest BCUT2D eigenvalue weighted by molar-refractivity contribution is -0.384. The average molecular weight is 375 g/mol. The molecule has 2 aromatic carbocycles. The summed E-state index contributed by atoms with van der Waals surface area (Å²) in [5.74, 6) is 0. The maximum atomic E-state index is 10.8. The summed E-state index contributed by atoms with van der Waals surface area (Å²) in [5.41, 5.74) is 4.35. The van der Waals surface area contributed by atoms with Gasteiger partial charge in [0.2, 0.25) is 0 Å². The third-order valence-electron chi connectivity index (χ3n) is 4.20. The lowest BCUT2D eigenvalue weighted by atomic mass is 10.1. The monoisotopic (exact) mass is 375 g/mol. The lowest BCUT2D eigenvalue weighted by Crippen LogP contribution is -1.87. The first kappa shape index (κ1) is 18.5. The van der Waals surface area contributed by atoms with E-state index in [2.05, 4.69) is 42.2 Å². The lowest BCUT2D eigenvalue weighted by Gasteiger charge is -2.00. The normalized spacial score (nSPS) is 11.2. The van der Waals surface area contributed by atoms with Crippen molar-refractivity contribution in [2.45, 2.75) is 20.3 Å². The van der Waals surface area contributed by atoms with Crippen molar-refractivity contribution >= 4 is 28.7 Å². The Labute approximate surface area is 161 Å². The third-order valence-corrected chi connectivity index (χ3v) is 5.20. The molecule has 0 radical (unpaired) electrons. The summed E-state index contributed by atoms with van der Waals surface area (Å²) in [4.78, 5) is 16.0. The number of allylic oxidation sites excluding steroid dienone is 1. The smallest absolute Gasteiger partial charge is 0.258 e. The Kier molecular flexibility index (Phi) is 5.43. The van der Waals surface area contributed by atoms with Gasteiger partial charge in [-0.05, 0) is 42.7 Å². The Hall–Kier alpha value is -3.30. The molecular weight excluding hydrogens is 358 g/mol. The predicted octanol–water partition coefficient (Wildman–Crippen LogP) is 5.65. The second kappa shape index (κ2) is 7.94. The molecule has 3 aromatic rings. The van der Waals surface area contributed by atoms with Gasteiger partial charge in [-0.25, -0.2) is 4.98 Å². The molecule has 27 heavy (non-hydrogen) atoms. The first-order valence-electron chi connectivity index (χ1n) is 8.45. The fourth-order valence-corrected chi connectivity index (χ4v) is 3.58. The van der Waals surface area contributed by atoms with E-state index in [9.17, 15) is 15.4 Å². The van der Waals surface area contributed by atoms with Crippen LogP contribution in [0, 0.1) is 28.4 Å². The number of thiazole rings is 1. The third kappa shape index (κ3) is 4.10. The highest BCUT2D eigenvalue weighted by Gasteiger charge is 2.13.